The summed E-state index contributed by atoms with van der Waals surface area (Å²) in [4.78, 5) is 22.9. The lowest BCUT2D eigenvalue weighted by molar-refractivity contribution is 0.0216. The van der Waals surface area contributed by atoms with Gasteiger partial charge in [0.2, 0.25) is 10.0 Å². The summed E-state index contributed by atoms with van der Waals surface area (Å²) < 4.78 is 38.7. The van der Waals surface area contributed by atoms with Crippen molar-refractivity contribution in [2.75, 3.05) is 31.6 Å². The minimum atomic E-state index is -3.70. The molecule has 2 fully saturated rings. The fourth-order valence-electron chi connectivity index (χ4n) is 4.57. The second kappa shape index (κ2) is 10.6. The number of carbonyl (C=O) groups is 1. The molecule has 192 valence electrons. The van der Waals surface area contributed by atoms with Crippen LogP contribution in [0.1, 0.15) is 47.3 Å². The van der Waals surface area contributed by atoms with Crippen LogP contribution in [0.15, 0.2) is 29.4 Å². The van der Waals surface area contributed by atoms with Crippen LogP contribution < -0.4 is 5.32 Å². The number of sulfonamides is 1. The normalized spacial score (nSPS) is 17.8. The number of hydrogen-bond donors (Lipinski definition) is 1. The average Bonchev–Trinajstić information content (AvgIpc) is 3.24. The highest BCUT2D eigenvalue weighted by atomic mass is 35.5. The molecule has 1 aliphatic carbocycles. The van der Waals surface area contributed by atoms with Gasteiger partial charge in [0.1, 0.15) is 28.0 Å². The van der Waals surface area contributed by atoms with Crippen LogP contribution in [-0.2, 0) is 19.5 Å². The zero-order valence-electron chi connectivity index (χ0n) is 19.8. The number of thiophene rings is 1. The first-order valence-electron chi connectivity index (χ1n) is 11.9. The van der Waals surface area contributed by atoms with Crippen LogP contribution in [-0.4, -0.2) is 61.1 Å². The highest BCUT2D eigenvalue weighted by Crippen LogP contribution is 2.37. The molecule has 0 atom stereocenters. The van der Waals surface area contributed by atoms with Gasteiger partial charge in [-0.1, -0.05) is 18.0 Å². The first kappa shape index (κ1) is 25.3. The fraction of sp³-hybridized carbons (Fsp3) is 0.458. The first-order valence-corrected chi connectivity index (χ1v) is 14.6. The van der Waals surface area contributed by atoms with E-state index in [2.05, 4.69) is 15.3 Å². The third kappa shape index (κ3) is 5.08. The number of benzene rings is 1. The van der Waals surface area contributed by atoms with Crippen LogP contribution in [0.4, 0.5) is 11.5 Å². The van der Waals surface area contributed by atoms with E-state index in [-0.39, 0.29) is 17.0 Å². The number of esters is 1. The number of morpholine rings is 1. The van der Waals surface area contributed by atoms with Gasteiger partial charge in [0.15, 0.2) is 0 Å². The molecule has 1 aliphatic heterocycles. The largest absolute Gasteiger partial charge is 0.458 e. The van der Waals surface area contributed by atoms with Crippen molar-refractivity contribution < 1.29 is 22.7 Å². The maximum absolute atomic E-state index is 13.1. The van der Waals surface area contributed by atoms with Gasteiger partial charge in [-0.2, -0.15) is 4.31 Å². The molecule has 12 heteroatoms. The molecule has 1 aromatic carbocycles. The van der Waals surface area contributed by atoms with Gasteiger partial charge in [-0.25, -0.2) is 23.2 Å². The summed E-state index contributed by atoms with van der Waals surface area (Å²) in [6.45, 7) is 3.16. The molecule has 36 heavy (non-hydrogen) atoms. The van der Waals surface area contributed by atoms with Crippen molar-refractivity contribution >= 4 is 60.7 Å². The molecule has 0 unspecified atom stereocenters. The number of halogens is 1. The monoisotopic (exact) mass is 550 g/mol. The predicted octanol–water partition coefficient (Wildman–Crippen LogP) is 4.91. The zero-order chi connectivity index (χ0) is 25.3. The SMILES string of the molecule is Cc1c(C(=O)OC2CCCCC2)sc2ncnc(Nc3cc(S(=O)(=O)N4CCOCC4)ccc3Cl)c12. The van der Waals surface area contributed by atoms with Crippen LogP contribution in [0, 0.1) is 6.92 Å². The van der Waals surface area contributed by atoms with E-state index in [1.807, 2.05) is 6.92 Å². The van der Waals surface area contributed by atoms with E-state index in [1.54, 1.807) is 6.07 Å². The van der Waals surface area contributed by atoms with Crippen molar-refractivity contribution in [1.29, 1.82) is 0 Å². The third-order valence-corrected chi connectivity index (χ3v) is 9.94. The van der Waals surface area contributed by atoms with Gasteiger partial charge in [-0.15, -0.1) is 11.3 Å². The Hall–Kier alpha value is -2.31. The van der Waals surface area contributed by atoms with Gasteiger partial charge in [-0.05, 0) is 56.4 Å². The molecule has 0 spiro atoms. The topological polar surface area (TPSA) is 111 Å². The predicted molar refractivity (Wildman–Crippen MR) is 139 cm³/mol. The van der Waals surface area contributed by atoms with Gasteiger partial charge < -0.3 is 14.8 Å². The van der Waals surface area contributed by atoms with Crippen molar-refractivity contribution in [1.82, 2.24) is 14.3 Å². The molecule has 1 saturated carbocycles. The number of aryl methyl sites for hydroxylation is 1. The number of anilines is 2. The van der Waals surface area contributed by atoms with Gasteiger partial charge in [0.25, 0.3) is 0 Å². The Morgan fingerprint density at radius 3 is 2.69 bits per heavy atom. The lowest BCUT2D eigenvalue weighted by Gasteiger charge is -2.26. The number of hydrogen-bond acceptors (Lipinski definition) is 9. The Morgan fingerprint density at radius 1 is 1.19 bits per heavy atom. The second-order valence-electron chi connectivity index (χ2n) is 8.91. The summed E-state index contributed by atoms with van der Waals surface area (Å²) >= 11 is 7.69. The lowest BCUT2D eigenvalue weighted by atomic mass is 9.98. The molecule has 2 aromatic heterocycles. The Morgan fingerprint density at radius 2 is 1.94 bits per heavy atom. The van der Waals surface area contributed by atoms with Crippen molar-refractivity contribution in [3.8, 4) is 0 Å². The third-order valence-electron chi connectivity index (χ3n) is 6.54. The molecule has 5 rings (SSSR count). The van der Waals surface area contributed by atoms with Crippen molar-refractivity contribution in [2.24, 2.45) is 0 Å². The van der Waals surface area contributed by atoms with Crippen LogP contribution in [0.5, 0.6) is 0 Å². The van der Waals surface area contributed by atoms with Crippen LogP contribution in [0.2, 0.25) is 5.02 Å². The number of carbonyl (C=O) groups excluding carboxylic acids is 1. The Kier molecular flexibility index (Phi) is 7.45. The van der Waals surface area contributed by atoms with Crippen molar-refractivity contribution in [3.05, 3.63) is 40.0 Å². The summed E-state index contributed by atoms with van der Waals surface area (Å²) in [6.07, 6.45) is 6.47. The number of fused-ring (bicyclic) bond motifs is 1. The van der Waals surface area contributed by atoms with Gasteiger partial charge >= 0.3 is 5.97 Å². The van der Waals surface area contributed by atoms with Crippen molar-refractivity contribution in [2.45, 2.75) is 50.0 Å². The van der Waals surface area contributed by atoms with Crippen LogP contribution >= 0.6 is 22.9 Å². The Bertz CT molecular complexity index is 1380. The van der Waals surface area contributed by atoms with E-state index in [0.717, 1.165) is 25.7 Å². The molecule has 1 saturated heterocycles. The van der Waals surface area contributed by atoms with E-state index >= 15 is 0 Å². The maximum Gasteiger partial charge on any atom is 0.348 e. The minimum Gasteiger partial charge on any atom is -0.458 e. The van der Waals surface area contributed by atoms with Crippen molar-refractivity contribution in [3.63, 3.8) is 0 Å². The van der Waals surface area contributed by atoms with E-state index in [0.29, 0.717) is 63.5 Å². The summed E-state index contributed by atoms with van der Waals surface area (Å²) in [5, 5.41) is 4.19. The maximum atomic E-state index is 13.1. The van der Waals surface area contributed by atoms with Crippen LogP contribution in [0.25, 0.3) is 10.2 Å². The van der Waals surface area contributed by atoms with Crippen LogP contribution in [0.3, 0.4) is 0 Å². The van der Waals surface area contributed by atoms with Gasteiger partial charge in [0.05, 0.1) is 34.2 Å². The highest BCUT2D eigenvalue weighted by Gasteiger charge is 2.28. The summed E-state index contributed by atoms with van der Waals surface area (Å²) in [5.74, 6) is 0.0956. The second-order valence-corrected chi connectivity index (χ2v) is 12.3. The van der Waals surface area contributed by atoms with E-state index < -0.39 is 10.0 Å². The quantitative estimate of drug-likeness (QED) is 0.431. The summed E-state index contributed by atoms with van der Waals surface area (Å²) in [6, 6.07) is 4.53. The first-order chi connectivity index (χ1) is 17.3. The zero-order valence-corrected chi connectivity index (χ0v) is 22.2. The Labute approximate surface area is 218 Å². The smallest absolute Gasteiger partial charge is 0.348 e. The molecular weight excluding hydrogens is 524 g/mol. The highest BCUT2D eigenvalue weighted by molar-refractivity contribution is 7.89. The number of rotatable bonds is 6. The molecular formula is C24H27ClN4O5S2. The molecule has 9 nitrogen and oxygen atoms in total. The number of nitrogens with one attached hydrogen (secondary N) is 1. The van der Waals surface area contributed by atoms with E-state index in [4.69, 9.17) is 21.1 Å². The molecule has 2 aliphatic rings. The number of aromatic nitrogens is 2. The van der Waals surface area contributed by atoms with Gasteiger partial charge in [0, 0.05) is 13.1 Å². The van der Waals surface area contributed by atoms with E-state index in [1.165, 1.54) is 40.5 Å². The number of nitrogens with zero attached hydrogens (tertiary/aromatic N) is 3. The minimum absolute atomic E-state index is 0.0468. The number of ether oxygens (including phenoxy) is 2. The lowest BCUT2D eigenvalue weighted by Crippen LogP contribution is -2.40. The summed E-state index contributed by atoms with van der Waals surface area (Å²) in [5.41, 5.74) is 1.11. The van der Waals surface area contributed by atoms with Gasteiger partial charge in [-0.3, -0.25) is 0 Å². The van der Waals surface area contributed by atoms with E-state index in [9.17, 15) is 13.2 Å². The average molecular weight is 551 g/mol. The fourth-order valence-corrected chi connectivity index (χ4v) is 7.20. The molecule has 0 bridgehead atoms. The molecule has 1 N–H and O–H groups in total. The molecule has 3 aromatic rings. The molecule has 0 amide bonds. The standard InChI is InChI=1S/C24H27ClN4O5S2/c1-15-20-22(26-14-27-23(20)35-21(15)24(30)34-16-5-3-2-4-6-16)28-19-13-17(7-8-18(19)25)36(31,32)29-9-11-33-12-10-29/h7-8,13-14,16H,2-6,9-12H2,1H3,(H,26,27,28). The molecule has 3 heterocycles. The Balaban J connectivity index is 1.44. The molecule has 0 radical (unpaired) electrons. The summed E-state index contributed by atoms with van der Waals surface area (Å²) in [7, 11) is -3.70.